The van der Waals surface area contributed by atoms with Crippen LogP contribution in [0.1, 0.15) is 439 Å². The summed E-state index contributed by atoms with van der Waals surface area (Å²) in [4.78, 5) is 0. The summed E-state index contributed by atoms with van der Waals surface area (Å²) in [7, 11) is 0. The van der Waals surface area contributed by atoms with Gasteiger partial charge in [-0.1, -0.05) is 430 Å². The van der Waals surface area contributed by atoms with Crippen LogP contribution >= 0.6 is 48.9 Å². The van der Waals surface area contributed by atoms with Gasteiger partial charge in [-0.25, -0.2) is 0 Å². The first-order chi connectivity index (χ1) is 44.1. The van der Waals surface area contributed by atoms with E-state index in [1.807, 2.05) is 0 Å². The molecule has 15 heteroatoms. The molecule has 0 saturated heterocycles. The molecule has 0 aliphatic rings. The van der Waals surface area contributed by atoms with Crippen LogP contribution in [0.25, 0.3) is 0 Å². The first-order valence-electron chi connectivity index (χ1n) is 39.0. The molecule has 0 radical (unpaired) electrons. The standard InChI is InChI=1S/4C19H39NS2.Mo.OS/c4*1-2-3-4-5-6-7-8-9-10-11-12-13-14-15-16-17-18-20-19(21)22;;1-2/h4*2-18H2,1H3,(H2,20,21,22);;/q;;;;+4;/p-4. The Morgan fingerprint density at radius 3 is 0.341 bits per heavy atom. The van der Waals surface area contributed by atoms with E-state index in [1.54, 1.807) is 0 Å². The van der Waals surface area contributed by atoms with Gasteiger partial charge in [-0.15, -0.1) is 0 Å². The van der Waals surface area contributed by atoms with E-state index in [1.165, 1.54) is 411 Å². The zero-order chi connectivity index (χ0) is 67.2. The van der Waals surface area contributed by atoms with Crippen molar-refractivity contribution in [2.75, 3.05) is 26.2 Å². The summed E-state index contributed by atoms with van der Waals surface area (Å²) in [5.74, 6) is 0. The second kappa shape index (κ2) is 102. The molecule has 0 amide bonds. The Morgan fingerprint density at radius 2 is 0.264 bits per heavy atom. The van der Waals surface area contributed by atoms with Crippen LogP contribution in [0.4, 0.5) is 0 Å². The molecule has 0 unspecified atom stereocenters. The van der Waals surface area contributed by atoms with Crippen LogP contribution < -0.4 is 21.3 Å². The molecule has 0 aliphatic carbocycles. The molecule has 0 aromatic heterocycles. The minimum atomic E-state index is 0. The maximum Gasteiger partial charge on any atom is 4.00 e. The van der Waals surface area contributed by atoms with Gasteiger partial charge in [0.2, 0.25) is 0 Å². The SMILES string of the molecule is CCCCCCCCCCCCCCCCCCNC(=S)[S-].CCCCCCCCCCCCCCCCCCNC(=S)[S-].CCCCCCCCCCCCCCCCCCNC(=S)[S-].CCCCCCCCCCCCCCCCCCNC(=S)[S-].O=S.[Mo+4]. The summed E-state index contributed by atoms with van der Waals surface area (Å²) in [5.41, 5.74) is 0. The summed E-state index contributed by atoms with van der Waals surface area (Å²) < 4.78 is 9.89. The summed E-state index contributed by atoms with van der Waals surface area (Å²) in [5, 5.41) is 12.2. The third kappa shape index (κ3) is 122. The molecular weight excluding hydrogens is 1370 g/mol. The van der Waals surface area contributed by atoms with Gasteiger partial charge in [0.15, 0.2) is 12.5 Å². The number of unbranched alkanes of at least 4 members (excludes halogenated alkanes) is 60. The quantitative estimate of drug-likeness (QED) is 0.0202. The maximum absolute atomic E-state index is 7.83. The average Bonchev–Trinajstić information content (AvgIpc) is 3.53. The third-order valence-corrected chi connectivity index (χ3v) is 18.4. The van der Waals surface area contributed by atoms with E-state index in [9.17, 15) is 0 Å². The van der Waals surface area contributed by atoms with Crippen molar-refractivity contribution in [3.8, 4) is 0 Å². The molecule has 0 saturated carbocycles. The van der Waals surface area contributed by atoms with Crippen molar-refractivity contribution in [1.29, 1.82) is 0 Å². The molecule has 0 bridgehead atoms. The molecular formula is C76H152MoN4OS9. The van der Waals surface area contributed by atoms with E-state index in [2.05, 4.69) is 61.5 Å². The molecule has 0 aromatic carbocycles. The molecule has 0 fully saturated rings. The zero-order valence-electron chi connectivity index (χ0n) is 60.6. The van der Waals surface area contributed by atoms with Crippen molar-refractivity contribution in [2.24, 2.45) is 0 Å². The molecule has 0 aliphatic heterocycles. The minimum Gasteiger partial charge on any atom is -0.412 e. The molecule has 5 nitrogen and oxygen atoms in total. The fraction of sp³-hybridized carbons (Fsp3) is 0.947. The smallest absolute Gasteiger partial charge is 0.412 e. The van der Waals surface area contributed by atoms with Crippen molar-refractivity contribution in [3.63, 3.8) is 0 Å². The summed E-state index contributed by atoms with van der Waals surface area (Å²) in [6.45, 7) is 13.0. The van der Waals surface area contributed by atoms with Gasteiger partial charge in [0, 0.05) is 26.2 Å². The largest absolute Gasteiger partial charge is 4.00 e. The zero-order valence-corrected chi connectivity index (χ0v) is 69.9. The molecule has 0 spiro atoms. The average molecular weight is 1520 g/mol. The number of rotatable bonds is 68. The van der Waals surface area contributed by atoms with Gasteiger partial charge >= 0.3 is 21.1 Å². The van der Waals surface area contributed by atoms with E-state index in [0.29, 0.717) is 17.3 Å². The Balaban J connectivity index is -0.000000261. The predicted molar refractivity (Wildman–Crippen MR) is 438 cm³/mol. The fourth-order valence-corrected chi connectivity index (χ4v) is 12.3. The Morgan fingerprint density at radius 1 is 0.187 bits per heavy atom. The van der Waals surface area contributed by atoms with Crippen molar-refractivity contribution in [1.82, 2.24) is 21.3 Å². The number of nitrogens with one attached hydrogen (secondary N) is 4. The van der Waals surface area contributed by atoms with Gasteiger partial charge in [0.1, 0.15) is 0 Å². The Labute approximate surface area is 634 Å². The molecule has 542 valence electrons. The van der Waals surface area contributed by atoms with Gasteiger partial charge in [0.05, 0.1) is 0 Å². The van der Waals surface area contributed by atoms with E-state index in [0.717, 1.165) is 26.2 Å². The predicted octanol–water partition coefficient (Wildman–Crippen LogP) is 26.3. The third-order valence-electron chi connectivity index (χ3n) is 17.2. The molecule has 0 atom stereocenters. The normalized spacial score (nSPS) is 10.5. The number of hydrogen-bond acceptors (Lipinski definition) is 10. The maximum atomic E-state index is 7.83. The fourth-order valence-electron chi connectivity index (χ4n) is 11.5. The van der Waals surface area contributed by atoms with E-state index < -0.39 is 0 Å². The Kier molecular flexibility index (Phi) is 116. The molecule has 0 rings (SSSR count). The van der Waals surface area contributed by atoms with Gasteiger partial charge < -0.3 is 121 Å². The number of hydrogen-bond donors (Lipinski definition) is 4. The van der Waals surface area contributed by atoms with Crippen LogP contribution in [-0.2, 0) is 84.1 Å². The number of thiocarbonyl (C=S) groups is 4. The Hall–Kier alpha value is 1.15. The Bertz CT molecular complexity index is 1150. The van der Waals surface area contributed by atoms with Crippen molar-refractivity contribution < 1.29 is 25.3 Å². The molecule has 0 heterocycles. The van der Waals surface area contributed by atoms with Crippen LogP contribution in [0.5, 0.6) is 0 Å². The first kappa shape index (κ1) is 103. The first-order valence-corrected chi connectivity index (χ1v) is 42.6. The van der Waals surface area contributed by atoms with Crippen molar-refractivity contribution in [3.05, 3.63) is 0 Å². The summed E-state index contributed by atoms with van der Waals surface area (Å²) >= 11 is 41.3. The van der Waals surface area contributed by atoms with Crippen LogP contribution in [-0.4, -0.2) is 47.7 Å². The van der Waals surface area contributed by atoms with Gasteiger partial charge in [-0.2, -0.15) is 4.21 Å². The summed E-state index contributed by atoms with van der Waals surface area (Å²) in [6.07, 6.45) is 90.3. The molecule has 0 aromatic rings. The van der Waals surface area contributed by atoms with Gasteiger partial charge in [-0.3, -0.25) is 0 Å². The monoisotopic (exact) mass is 1520 g/mol. The van der Waals surface area contributed by atoms with Crippen LogP contribution in [0.15, 0.2) is 0 Å². The topological polar surface area (TPSA) is 65.2 Å². The van der Waals surface area contributed by atoms with Crippen molar-refractivity contribution >= 4 is 129 Å². The summed E-state index contributed by atoms with van der Waals surface area (Å²) in [6, 6.07) is 0. The van der Waals surface area contributed by atoms with E-state index >= 15 is 0 Å². The van der Waals surface area contributed by atoms with Crippen LogP contribution in [0, 0.1) is 0 Å². The van der Waals surface area contributed by atoms with Crippen LogP contribution in [0.3, 0.4) is 0 Å². The van der Waals surface area contributed by atoms with Crippen LogP contribution in [0.2, 0.25) is 0 Å². The second-order valence-electron chi connectivity index (χ2n) is 26.1. The van der Waals surface area contributed by atoms with Gasteiger partial charge in [-0.05, 0) is 25.7 Å². The molecule has 91 heavy (non-hydrogen) atoms. The van der Waals surface area contributed by atoms with Gasteiger partial charge in [0.25, 0.3) is 0 Å². The van der Waals surface area contributed by atoms with E-state index in [-0.39, 0.29) is 21.1 Å². The van der Waals surface area contributed by atoms with Crippen molar-refractivity contribution in [2.45, 2.75) is 439 Å². The van der Waals surface area contributed by atoms with E-state index in [4.69, 9.17) is 104 Å². The second-order valence-corrected chi connectivity index (χ2v) is 30.4. The molecule has 4 N–H and O–H groups in total. The minimum absolute atomic E-state index is 0.